The summed E-state index contributed by atoms with van der Waals surface area (Å²) in [4.78, 5) is 30.0. The van der Waals surface area contributed by atoms with E-state index in [4.69, 9.17) is 16.3 Å². The Hall–Kier alpha value is -2.40. The van der Waals surface area contributed by atoms with Crippen LogP contribution in [0.4, 0.5) is 5.82 Å². The lowest BCUT2D eigenvalue weighted by molar-refractivity contribution is -0.129. The SMILES string of the molecule is COc1ccc(NC(=O)CC[C@@H]2CC(=O)[C@@]3(C)CCC4c5ccc(Cl)cc5CCC4C23)nc1. The van der Waals surface area contributed by atoms with Crippen LogP contribution in [0.2, 0.25) is 5.02 Å². The summed E-state index contributed by atoms with van der Waals surface area (Å²) in [5.41, 5.74) is 2.56. The van der Waals surface area contributed by atoms with Crippen LogP contribution < -0.4 is 10.1 Å². The van der Waals surface area contributed by atoms with Gasteiger partial charge in [0.2, 0.25) is 5.91 Å². The number of amides is 1. The van der Waals surface area contributed by atoms with Crippen molar-refractivity contribution in [3.63, 3.8) is 0 Å². The molecular weight excluding hydrogens is 436 g/mol. The number of anilines is 1. The van der Waals surface area contributed by atoms with Crippen LogP contribution in [0.1, 0.15) is 62.5 Å². The third kappa shape index (κ3) is 4.05. The summed E-state index contributed by atoms with van der Waals surface area (Å²) in [6, 6.07) is 9.85. The number of aryl methyl sites for hydroxylation is 1. The van der Waals surface area contributed by atoms with Gasteiger partial charge in [0.25, 0.3) is 0 Å². The highest BCUT2D eigenvalue weighted by Crippen LogP contribution is 2.62. The summed E-state index contributed by atoms with van der Waals surface area (Å²) < 4.78 is 5.12. The first-order chi connectivity index (χ1) is 15.9. The third-order valence-electron chi connectivity index (χ3n) is 8.51. The van der Waals surface area contributed by atoms with E-state index in [9.17, 15) is 9.59 Å². The number of methoxy groups -OCH3 is 1. The number of fused-ring (bicyclic) bond motifs is 5. The second-order valence-electron chi connectivity index (χ2n) is 10.2. The van der Waals surface area contributed by atoms with E-state index >= 15 is 0 Å². The molecule has 6 heteroatoms. The Morgan fingerprint density at radius 1 is 1.27 bits per heavy atom. The molecule has 3 aliphatic carbocycles. The molecule has 3 aliphatic rings. The number of Topliss-reactive ketones (excluding diaryl/α,β-unsaturated/α-hetero) is 1. The van der Waals surface area contributed by atoms with E-state index in [1.54, 1.807) is 25.4 Å². The zero-order valence-electron chi connectivity index (χ0n) is 19.3. The van der Waals surface area contributed by atoms with Crippen LogP contribution in [0.3, 0.4) is 0 Å². The van der Waals surface area contributed by atoms with Crippen LogP contribution in [0.25, 0.3) is 0 Å². The van der Waals surface area contributed by atoms with Crippen LogP contribution in [0.15, 0.2) is 36.5 Å². The smallest absolute Gasteiger partial charge is 0.225 e. The molecule has 0 bridgehead atoms. The lowest BCUT2D eigenvalue weighted by atomic mass is 9.54. The van der Waals surface area contributed by atoms with Crippen molar-refractivity contribution in [2.45, 2.75) is 57.8 Å². The zero-order chi connectivity index (χ0) is 23.2. The number of aromatic nitrogens is 1. The number of nitrogens with zero attached hydrogens (tertiary/aromatic N) is 1. The van der Waals surface area contributed by atoms with Gasteiger partial charge in [-0.2, -0.15) is 0 Å². The van der Waals surface area contributed by atoms with E-state index in [-0.39, 0.29) is 17.2 Å². The van der Waals surface area contributed by atoms with Crippen molar-refractivity contribution in [3.05, 3.63) is 52.7 Å². The molecule has 0 spiro atoms. The quantitative estimate of drug-likeness (QED) is 0.603. The van der Waals surface area contributed by atoms with Crippen molar-refractivity contribution in [1.82, 2.24) is 4.98 Å². The van der Waals surface area contributed by atoms with E-state index in [0.717, 1.165) is 37.1 Å². The van der Waals surface area contributed by atoms with Gasteiger partial charge < -0.3 is 10.1 Å². The molecular formula is C27H31ClN2O3. The summed E-state index contributed by atoms with van der Waals surface area (Å²) in [6.07, 6.45) is 7.47. The van der Waals surface area contributed by atoms with Gasteiger partial charge >= 0.3 is 0 Å². The molecule has 1 aromatic heterocycles. The minimum atomic E-state index is -0.246. The number of benzene rings is 1. The molecule has 2 saturated carbocycles. The molecule has 5 rings (SSSR count). The van der Waals surface area contributed by atoms with Crippen molar-refractivity contribution in [2.24, 2.45) is 23.2 Å². The molecule has 2 aromatic rings. The average Bonchev–Trinajstić information content (AvgIpc) is 3.07. The predicted molar refractivity (Wildman–Crippen MR) is 129 cm³/mol. The Labute approximate surface area is 200 Å². The van der Waals surface area contributed by atoms with E-state index in [0.29, 0.717) is 47.9 Å². The number of hydrogen-bond acceptors (Lipinski definition) is 4. The van der Waals surface area contributed by atoms with E-state index in [1.807, 2.05) is 6.07 Å². The van der Waals surface area contributed by atoms with Crippen molar-refractivity contribution >= 4 is 29.1 Å². The highest BCUT2D eigenvalue weighted by atomic mass is 35.5. The normalized spacial score (nSPS) is 30.2. The number of carbonyl (C=O) groups is 2. The van der Waals surface area contributed by atoms with Gasteiger partial charge in [-0.25, -0.2) is 4.98 Å². The lowest BCUT2D eigenvalue weighted by Crippen LogP contribution is -2.44. The molecule has 1 N–H and O–H groups in total. The van der Waals surface area contributed by atoms with Crippen LogP contribution in [0.5, 0.6) is 5.75 Å². The average molecular weight is 467 g/mol. The summed E-state index contributed by atoms with van der Waals surface area (Å²) in [5.74, 6) is 3.13. The van der Waals surface area contributed by atoms with Gasteiger partial charge in [-0.3, -0.25) is 9.59 Å². The van der Waals surface area contributed by atoms with Crippen LogP contribution in [-0.2, 0) is 16.0 Å². The number of pyridine rings is 1. The van der Waals surface area contributed by atoms with Crippen molar-refractivity contribution < 1.29 is 14.3 Å². The van der Waals surface area contributed by atoms with Gasteiger partial charge in [0, 0.05) is 23.3 Å². The minimum Gasteiger partial charge on any atom is -0.495 e. The Balaban J connectivity index is 1.30. The molecule has 1 amide bonds. The van der Waals surface area contributed by atoms with Gasteiger partial charge in [0.05, 0.1) is 13.3 Å². The van der Waals surface area contributed by atoms with Crippen LogP contribution >= 0.6 is 11.6 Å². The summed E-state index contributed by atoms with van der Waals surface area (Å²) in [7, 11) is 1.59. The topological polar surface area (TPSA) is 68.3 Å². The zero-order valence-corrected chi connectivity index (χ0v) is 20.0. The van der Waals surface area contributed by atoms with Crippen molar-refractivity contribution in [1.29, 1.82) is 0 Å². The number of carbonyl (C=O) groups excluding carboxylic acids is 2. The highest BCUT2D eigenvalue weighted by Gasteiger charge is 2.58. The van der Waals surface area contributed by atoms with Gasteiger partial charge in [-0.1, -0.05) is 24.6 Å². The third-order valence-corrected chi connectivity index (χ3v) is 8.75. The standard InChI is InChI=1S/C27H31ClN2O3/c1-27-12-11-21-20-8-5-18(28)13-16(20)3-7-22(21)26(27)17(14-23(27)31)4-10-25(32)30-24-9-6-19(33-2)15-29-24/h5-6,8-9,13,15,17,21-22,26H,3-4,7,10-12,14H2,1-2H3,(H,29,30,32)/t17-,21?,22?,26?,27-/m1/s1. The minimum absolute atomic E-state index is 0.0512. The molecule has 0 aliphatic heterocycles. The van der Waals surface area contributed by atoms with E-state index in [1.165, 1.54) is 11.1 Å². The molecule has 174 valence electrons. The first-order valence-corrected chi connectivity index (χ1v) is 12.4. The summed E-state index contributed by atoms with van der Waals surface area (Å²) in [6.45, 7) is 2.19. The first kappa shape index (κ1) is 22.4. The van der Waals surface area contributed by atoms with Crippen LogP contribution in [-0.4, -0.2) is 23.8 Å². The summed E-state index contributed by atoms with van der Waals surface area (Å²) >= 11 is 6.26. The second kappa shape index (κ2) is 8.75. The summed E-state index contributed by atoms with van der Waals surface area (Å²) in [5, 5.41) is 3.69. The maximum atomic E-state index is 13.2. The number of hydrogen-bond donors (Lipinski definition) is 1. The molecule has 33 heavy (non-hydrogen) atoms. The fourth-order valence-electron chi connectivity index (χ4n) is 6.97. The number of nitrogens with one attached hydrogen (secondary N) is 1. The first-order valence-electron chi connectivity index (χ1n) is 12.0. The number of ether oxygens (including phenoxy) is 1. The molecule has 1 aromatic carbocycles. The number of ketones is 1. The Morgan fingerprint density at radius 3 is 2.88 bits per heavy atom. The predicted octanol–water partition coefficient (Wildman–Crippen LogP) is 5.81. The highest BCUT2D eigenvalue weighted by molar-refractivity contribution is 6.30. The number of rotatable bonds is 5. The van der Waals surface area contributed by atoms with Crippen LogP contribution in [0, 0.1) is 23.2 Å². The second-order valence-corrected chi connectivity index (χ2v) is 10.6. The fraction of sp³-hybridized carbons (Fsp3) is 0.519. The van der Waals surface area contributed by atoms with E-state index < -0.39 is 0 Å². The Bertz CT molecular complexity index is 1070. The maximum absolute atomic E-state index is 13.2. The van der Waals surface area contributed by atoms with Gasteiger partial charge in [0.1, 0.15) is 17.4 Å². The van der Waals surface area contributed by atoms with E-state index in [2.05, 4.69) is 29.4 Å². The Morgan fingerprint density at radius 2 is 2.12 bits per heavy atom. The van der Waals surface area contributed by atoms with Gasteiger partial charge in [-0.15, -0.1) is 0 Å². The largest absolute Gasteiger partial charge is 0.495 e. The van der Waals surface area contributed by atoms with Crippen molar-refractivity contribution in [2.75, 3.05) is 12.4 Å². The molecule has 3 unspecified atom stereocenters. The van der Waals surface area contributed by atoms with Gasteiger partial charge in [0.15, 0.2) is 0 Å². The molecule has 5 atom stereocenters. The monoisotopic (exact) mass is 466 g/mol. The molecule has 2 fully saturated rings. The Kier molecular flexibility index (Phi) is 5.94. The maximum Gasteiger partial charge on any atom is 0.225 e. The van der Waals surface area contributed by atoms with Crippen molar-refractivity contribution in [3.8, 4) is 5.75 Å². The van der Waals surface area contributed by atoms with Gasteiger partial charge in [-0.05, 0) is 91.2 Å². The molecule has 0 saturated heterocycles. The fourth-order valence-corrected chi connectivity index (χ4v) is 7.17. The molecule has 5 nitrogen and oxygen atoms in total. The lowest BCUT2D eigenvalue weighted by Gasteiger charge is -2.50. The molecule has 0 radical (unpaired) electrons. The number of halogens is 1. The molecule has 1 heterocycles.